The topological polar surface area (TPSA) is 138 Å². The molecule has 1 rings (SSSR count). The smallest absolute Gasteiger partial charge is 0.274 e. The molecule has 1 aliphatic heterocycles. The van der Waals surface area contributed by atoms with E-state index < -0.39 is 20.7 Å². The minimum Gasteiger partial charge on any atom is -0.274 e. The largest absolute Gasteiger partial charge is 0.394 e. The molecule has 0 aliphatic carbocycles. The third-order valence-corrected chi connectivity index (χ3v) is 3.13. The van der Waals surface area contributed by atoms with Gasteiger partial charge in [0.2, 0.25) is 5.91 Å². The van der Waals surface area contributed by atoms with Gasteiger partial charge in [-0.3, -0.25) is 18.1 Å². The van der Waals surface area contributed by atoms with E-state index in [0.29, 0.717) is 19.3 Å². The first-order valence-corrected chi connectivity index (χ1v) is 7.74. The molecular formula is C7H15NO8S2. The fourth-order valence-corrected chi connectivity index (χ4v) is 2.31. The summed E-state index contributed by atoms with van der Waals surface area (Å²) in [7, 11) is -8.45. The zero-order valence-corrected chi connectivity index (χ0v) is 11.3. The van der Waals surface area contributed by atoms with Gasteiger partial charge in [-0.1, -0.05) is 6.92 Å². The summed E-state index contributed by atoms with van der Waals surface area (Å²) >= 11 is 0. The van der Waals surface area contributed by atoms with E-state index in [2.05, 4.69) is 4.18 Å². The van der Waals surface area contributed by atoms with E-state index in [0.717, 1.165) is 4.31 Å². The number of hydrogen-bond acceptors (Lipinski definition) is 6. The number of amides is 1. The van der Waals surface area contributed by atoms with Crippen molar-refractivity contribution in [3.63, 3.8) is 0 Å². The highest BCUT2D eigenvalue weighted by molar-refractivity contribution is 7.84. The molecule has 0 atom stereocenters. The Balaban J connectivity index is 0.000000494. The maximum absolute atomic E-state index is 11.3. The van der Waals surface area contributed by atoms with Crippen molar-refractivity contribution in [1.29, 1.82) is 0 Å². The Bertz CT molecular complexity index is 460. The van der Waals surface area contributed by atoms with Crippen LogP contribution in [-0.2, 0) is 29.7 Å². The number of carbonyl (C=O) groups excluding carboxylic acids is 1. The normalized spacial score (nSPS) is 16.4. The van der Waals surface area contributed by atoms with Gasteiger partial charge in [0.25, 0.3) is 0 Å². The van der Waals surface area contributed by atoms with Crippen LogP contribution in [0.15, 0.2) is 0 Å². The first kappa shape index (κ1) is 17.2. The molecule has 9 nitrogen and oxygen atoms in total. The highest BCUT2D eigenvalue weighted by atomic mass is 32.3. The molecule has 108 valence electrons. The van der Waals surface area contributed by atoms with Gasteiger partial charge in [-0.05, 0) is 12.8 Å². The Hall–Kier alpha value is -0.750. The zero-order chi connectivity index (χ0) is 14.4. The fourth-order valence-electron chi connectivity index (χ4n) is 1.11. The molecule has 0 radical (unpaired) electrons. The van der Waals surface area contributed by atoms with E-state index >= 15 is 0 Å². The van der Waals surface area contributed by atoms with Crippen LogP contribution >= 0.6 is 0 Å². The maximum atomic E-state index is 11.3. The van der Waals surface area contributed by atoms with Gasteiger partial charge < -0.3 is 0 Å². The lowest BCUT2D eigenvalue weighted by Crippen LogP contribution is -2.33. The number of rotatable bonds is 4. The summed E-state index contributed by atoms with van der Waals surface area (Å²) in [6.45, 7) is 2.19. The number of hydrogen-bond donors (Lipinski definition) is 2. The minimum absolute atomic E-state index is 0.131. The van der Waals surface area contributed by atoms with E-state index in [1.165, 1.54) is 0 Å². The molecular weight excluding hydrogens is 290 g/mol. The van der Waals surface area contributed by atoms with Crippen molar-refractivity contribution < 1.29 is 34.9 Å². The van der Waals surface area contributed by atoms with E-state index in [1.807, 2.05) is 0 Å². The molecule has 0 unspecified atom stereocenters. The highest BCUT2D eigenvalue weighted by Gasteiger charge is 2.31. The predicted octanol–water partition coefficient (Wildman–Crippen LogP) is -0.373. The zero-order valence-electron chi connectivity index (χ0n) is 9.64. The summed E-state index contributed by atoms with van der Waals surface area (Å²) in [5.74, 6) is -0.365. The summed E-state index contributed by atoms with van der Waals surface area (Å²) in [6, 6.07) is 0. The number of carbonyl (C=O) groups is 1. The van der Waals surface area contributed by atoms with Crippen molar-refractivity contribution in [2.24, 2.45) is 0 Å². The van der Waals surface area contributed by atoms with Crippen LogP contribution in [0.5, 0.6) is 0 Å². The predicted molar refractivity (Wildman–Crippen MR) is 60.3 cm³/mol. The van der Waals surface area contributed by atoms with Gasteiger partial charge in [0, 0.05) is 13.0 Å². The Morgan fingerprint density at radius 1 is 1.28 bits per heavy atom. The minimum atomic E-state index is -4.67. The quantitative estimate of drug-likeness (QED) is 0.671. The molecule has 0 aromatic carbocycles. The van der Waals surface area contributed by atoms with Gasteiger partial charge in [-0.15, -0.1) is 0 Å². The van der Waals surface area contributed by atoms with Gasteiger partial charge in [0.15, 0.2) is 0 Å². The van der Waals surface area contributed by atoms with E-state index in [4.69, 9.17) is 17.5 Å². The van der Waals surface area contributed by atoms with E-state index in [9.17, 15) is 13.2 Å². The van der Waals surface area contributed by atoms with E-state index in [-0.39, 0.29) is 19.1 Å². The Morgan fingerprint density at radius 3 is 2.11 bits per heavy atom. The summed E-state index contributed by atoms with van der Waals surface area (Å²) in [5.41, 5.74) is 0. The summed E-state index contributed by atoms with van der Waals surface area (Å²) in [6.07, 6.45) is 1.50. The molecule has 0 bridgehead atoms. The summed E-state index contributed by atoms with van der Waals surface area (Å²) in [4.78, 5) is 11.1. The van der Waals surface area contributed by atoms with Crippen molar-refractivity contribution >= 4 is 26.6 Å². The molecule has 1 fully saturated rings. The molecule has 11 heteroatoms. The van der Waals surface area contributed by atoms with Crippen LogP contribution < -0.4 is 0 Å². The Labute approximate surface area is 106 Å². The summed E-state index contributed by atoms with van der Waals surface area (Å²) in [5, 5.41) is 0. The molecule has 0 spiro atoms. The Kier molecular flexibility index (Phi) is 6.70. The van der Waals surface area contributed by atoms with Crippen LogP contribution in [0.4, 0.5) is 0 Å². The van der Waals surface area contributed by atoms with Gasteiger partial charge in [0.05, 0.1) is 6.61 Å². The maximum Gasteiger partial charge on any atom is 0.394 e. The molecule has 0 aromatic heterocycles. The second-order valence-electron chi connectivity index (χ2n) is 3.30. The van der Waals surface area contributed by atoms with Gasteiger partial charge >= 0.3 is 20.7 Å². The van der Waals surface area contributed by atoms with Crippen LogP contribution in [0.3, 0.4) is 0 Å². The third kappa shape index (κ3) is 7.55. The molecule has 1 saturated heterocycles. The molecule has 0 aromatic rings. The number of nitrogens with zero attached hydrogens (tertiary/aromatic N) is 1. The van der Waals surface area contributed by atoms with Crippen molar-refractivity contribution in [3.05, 3.63) is 0 Å². The Morgan fingerprint density at radius 2 is 1.78 bits per heavy atom. The molecule has 18 heavy (non-hydrogen) atoms. The average Bonchev–Trinajstić information content (AvgIpc) is 2.59. The lowest BCUT2D eigenvalue weighted by Gasteiger charge is -2.14. The van der Waals surface area contributed by atoms with Crippen molar-refractivity contribution in [1.82, 2.24) is 4.31 Å². The van der Waals surface area contributed by atoms with Crippen molar-refractivity contribution in [3.8, 4) is 0 Å². The molecule has 1 heterocycles. The molecule has 0 saturated carbocycles. The van der Waals surface area contributed by atoms with Crippen LogP contribution in [0, 0.1) is 0 Å². The summed E-state index contributed by atoms with van der Waals surface area (Å²) < 4.78 is 59.6. The van der Waals surface area contributed by atoms with Crippen molar-refractivity contribution in [2.45, 2.75) is 26.2 Å². The standard InChI is InChI=1S/C7H13NO4S.H2O4S/c1-2-6-12-13(10,11)8-5-3-4-7(8)9;1-5(2,3)4/h2-6H2,1H3;(H2,1,2,3,4). The van der Waals surface area contributed by atoms with Crippen LogP contribution in [0.2, 0.25) is 0 Å². The van der Waals surface area contributed by atoms with E-state index in [1.54, 1.807) is 6.92 Å². The van der Waals surface area contributed by atoms with Crippen LogP contribution in [0.1, 0.15) is 26.2 Å². The first-order valence-electron chi connectivity index (χ1n) is 4.97. The first-order chi connectivity index (χ1) is 8.08. The van der Waals surface area contributed by atoms with Crippen molar-refractivity contribution in [2.75, 3.05) is 13.2 Å². The van der Waals surface area contributed by atoms with Gasteiger partial charge in [-0.25, -0.2) is 4.31 Å². The molecule has 1 amide bonds. The lowest BCUT2D eigenvalue weighted by atomic mass is 10.4. The highest BCUT2D eigenvalue weighted by Crippen LogP contribution is 2.15. The lowest BCUT2D eigenvalue weighted by molar-refractivity contribution is -0.124. The monoisotopic (exact) mass is 305 g/mol. The average molecular weight is 305 g/mol. The SMILES string of the molecule is CCCOS(=O)(=O)N1CCCC1=O.O=S(=O)(O)O. The molecule has 1 aliphatic rings. The van der Waals surface area contributed by atoms with Crippen LogP contribution in [0.25, 0.3) is 0 Å². The second kappa shape index (κ2) is 6.99. The van der Waals surface area contributed by atoms with Gasteiger partial charge in [0.1, 0.15) is 0 Å². The van der Waals surface area contributed by atoms with Gasteiger partial charge in [-0.2, -0.15) is 16.8 Å². The fraction of sp³-hybridized carbons (Fsp3) is 0.857. The second-order valence-corrected chi connectivity index (χ2v) is 5.72. The third-order valence-electron chi connectivity index (χ3n) is 1.74. The molecule has 2 N–H and O–H groups in total. The van der Waals surface area contributed by atoms with Crippen LogP contribution in [-0.4, -0.2) is 49.3 Å².